The van der Waals surface area contributed by atoms with E-state index in [0.717, 1.165) is 30.6 Å². The van der Waals surface area contributed by atoms with Gasteiger partial charge in [0.05, 0.1) is 6.20 Å². The monoisotopic (exact) mass is 431 g/mol. The minimum atomic E-state index is -0.415. The van der Waals surface area contributed by atoms with Crippen molar-refractivity contribution in [1.29, 1.82) is 0 Å². The van der Waals surface area contributed by atoms with Crippen molar-refractivity contribution in [2.24, 2.45) is 0 Å². The van der Waals surface area contributed by atoms with Crippen molar-refractivity contribution >= 4 is 5.91 Å². The summed E-state index contributed by atoms with van der Waals surface area (Å²) in [5.41, 5.74) is 1.72. The Kier molecular flexibility index (Phi) is 5.54. The molecule has 0 radical (unpaired) electrons. The first kappa shape index (κ1) is 20.2. The molecular formula is C25H22FN3O3. The molecule has 32 heavy (non-hydrogen) atoms. The third-order valence-corrected chi connectivity index (χ3v) is 5.71. The highest BCUT2D eigenvalue weighted by atomic mass is 19.1. The molecule has 0 N–H and O–H groups in total. The number of aromatic nitrogens is 2. The molecule has 2 aromatic heterocycles. The largest absolute Gasteiger partial charge is 0.443 e. The maximum absolute atomic E-state index is 14.1. The van der Waals surface area contributed by atoms with Gasteiger partial charge in [0.25, 0.3) is 5.91 Å². The number of amides is 1. The SMILES string of the molecule is O=C(c1cc(-c2ccccc2F)no1)N1CCCC[C@H]1c1ncc(Cc2ccccc2)o1. The standard InChI is InChI=1S/C25H22FN3O3/c26-20-11-5-4-10-19(20)21-15-23(32-28-21)25(30)29-13-7-6-12-22(29)24-27-16-18(31-24)14-17-8-2-1-3-9-17/h1-5,8-11,15-16,22H,6-7,12-14H2/t22-/m0/s1. The molecule has 1 aliphatic rings. The fourth-order valence-corrected chi connectivity index (χ4v) is 4.10. The summed E-state index contributed by atoms with van der Waals surface area (Å²) in [6.45, 7) is 0.565. The van der Waals surface area contributed by atoms with Crippen LogP contribution in [-0.4, -0.2) is 27.5 Å². The lowest BCUT2D eigenvalue weighted by Crippen LogP contribution is -2.38. The number of hydrogen-bond acceptors (Lipinski definition) is 5. The van der Waals surface area contributed by atoms with Crippen LogP contribution in [0, 0.1) is 5.82 Å². The Balaban J connectivity index is 1.36. The quantitative estimate of drug-likeness (QED) is 0.421. The Morgan fingerprint density at radius 3 is 2.75 bits per heavy atom. The van der Waals surface area contributed by atoms with Crippen LogP contribution in [0.15, 0.2) is 75.8 Å². The van der Waals surface area contributed by atoms with Gasteiger partial charge < -0.3 is 13.8 Å². The van der Waals surface area contributed by atoms with Crippen LogP contribution in [0.4, 0.5) is 4.39 Å². The van der Waals surface area contributed by atoms with Gasteiger partial charge in [0.1, 0.15) is 23.3 Å². The van der Waals surface area contributed by atoms with Crippen molar-refractivity contribution in [3.8, 4) is 11.3 Å². The number of likely N-dealkylation sites (tertiary alicyclic amines) is 1. The van der Waals surface area contributed by atoms with Crippen LogP contribution >= 0.6 is 0 Å². The molecule has 1 fully saturated rings. The summed E-state index contributed by atoms with van der Waals surface area (Å²) in [7, 11) is 0. The average Bonchev–Trinajstić information content (AvgIpc) is 3.50. The third kappa shape index (κ3) is 4.06. The van der Waals surface area contributed by atoms with Gasteiger partial charge in [-0.15, -0.1) is 0 Å². The number of carbonyl (C=O) groups excluding carboxylic acids is 1. The number of oxazole rings is 1. The highest BCUT2D eigenvalue weighted by molar-refractivity contribution is 5.92. The molecule has 0 spiro atoms. The first-order valence-electron chi connectivity index (χ1n) is 10.7. The molecule has 7 heteroatoms. The van der Waals surface area contributed by atoms with E-state index in [-0.39, 0.29) is 17.7 Å². The van der Waals surface area contributed by atoms with Gasteiger partial charge in [-0.25, -0.2) is 9.37 Å². The highest BCUT2D eigenvalue weighted by Crippen LogP contribution is 2.33. The lowest BCUT2D eigenvalue weighted by Gasteiger charge is -2.32. The Morgan fingerprint density at radius 2 is 1.91 bits per heavy atom. The zero-order valence-corrected chi connectivity index (χ0v) is 17.4. The number of benzene rings is 2. The van der Waals surface area contributed by atoms with Crippen LogP contribution in [0.5, 0.6) is 0 Å². The van der Waals surface area contributed by atoms with E-state index in [4.69, 9.17) is 8.94 Å². The van der Waals surface area contributed by atoms with Gasteiger partial charge in [0, 0.05) is 24.6 Å². The Hall–Kier alpha value is -3.74. The van der Waals surface area contributed by atoms with Crippen LogP contribution in [0.1, 0.15) is 53.1 Å². The van der Waals surface area contributed by atoms with Crippen molar-refractivity contribution in [1.82, 2.24) is 15.0 Å². The second-order valence-electron chi connectivity index (χ2n) is 7.89. The van der Waals surface area contributed by atoms with Crippen molar-refractivity contribution < 1.29 is 18.1 Å². The van der Waals surface area contributed by atoms with Crippen molar-refractivity contribution in [2.75, 3.05) is 6.54 Å². The topological polar surface area (TPSA) is 72.4 Å². The molecule has 6 nitrogen and oxygen atoms in total. The van der Waals surface area contributed by atoms with Crippen LogP contribution in [-0.2, 0) is 6.42 Å². The number of carbonyl (C=O) groups is 1. The van der Waals surface area contributed by atoms with Gasteiger partial charge >= 0.3 is 0 Å². The van der Waals surface area contributed by atoms with E-state index in [1.165, 1.54) is 12.1 Å². The lowest BCUT2D eigenvalue weighted by atomic mass is 10.0. The molecule has 5 rings (SSSR count). The number of halogens is 1. The number of piperidine rings is 1. The fraction of sp³-hybridized carbons (Fsp3) is 0.240. The van der Waals surface area contributed by atoms with E-state index in [1.54, 1.807) is 29.3 Å². The molecular weight excluding hydrogens is 409 g/mol. The van der Waals surface area contributed by atoms with Gasteiger partial charge in [0.15, 0.2) is 0 Å². The zero-order chi connectivity index (χ0) is 21.9. The predicted octanol–water partition coefficient (Wildman–Crippen LogP) is 5.43. The molecule has 0 saturated carbocycles. The summed E-state index contributed by atoms with van der Waals surface area (Å²) in [5, 5.41) is 3.91. The minimum Gasteiger partial charge on any atom is -0.443 e. The zero-order valence-electron chi connectivity index (χ0n) is 17.4. The summed E-state index contributed by atoms with van der Waals surface area (Å²) in [6, 6.07) is 17.5. The molecule has 0 aliphatic carbocycles. The summed E-state index contributed by atoms with van der Waals surface area (Å²) >= 11 is 0. The summed E-state index contributed by atoms with van der Waals surface area (Å²) in [4.78, 5) is 19.4. The van der Waals surface area contributed by atoms with E-state index in [1.807, 2.05) is 30.3 Å². The molecule has 4 aromatic rings. The van der Waals surface area contributed by atoms with Gasteiger partial charge in [-0.3, -0.25) is 4.79 Å². The second kappa shape index (κ2) is 8.78. The molecule has 1 aliphatic heterocycles. The molecule has 1 saturated heterocycles. The first-order valence-corrected chi connectivity index (χ1v) is 10.7. The number of nitrogens with zero attached hydrogens (tertiary/aromatic N) is 3. The number of hydrogen-bond donors (Lipinski definition) is 0. The van der Waals surface area contributed by atoms with E-state index >= 15 is 0 Å². The van der Waals surface area contributed by atoms with Crippen LogP contribution < -0.4 is 0 Å². The summed E-state index contributed by atoms with van der Waals surface area (Å²) < 4.78 is 25.4. The second-order valence-corrected chi connectivity index (χ2v) is 7.89. The fourth-order valence-electron chi connectivity index (χ4n) is 4.10. The van der Waals surface area contributed by atoms with Gasteiger partial charge in [-0.2, -0.15) is 0 Å². The molecule has 3 heterocycles. The third-order valence-electron chi connectivity index (χ3n) is 5.71. The predicted molar refractivity (Wildman–Crippen MR) is 115 cm³/mol. The average molecular weight is 431 g/mol. The van der Waals surface area contributed by atoms with Crippen LogP contribution in [0.2, 0.25) is 0 Å². The molecule has 0 bridgehead atoms. The van der Waals surface area contributed by atoms with Crippen molar-refractivity contribution in [2.45, 2.75) is 31.7 Å². The normalized spacial score (nSPS) is 16.3. The molecule has 162 valence electrons. The smallest absolute Gasteiger partial charge is 0.293 e. The van der Waals surface area contributed by atoms with Gasteiger partial charge in [-0.05, 0) is 37.0 Å². The Bertz CT molecular complexity index is 1220. The van der Waals surface area contributed by atoms with Crippen LogP contribution in [0.3, 0.4) is 0 Å². The van der Waals surface area contributed by atoms with Crippen LogP contribution in [0.25, 0.3) is 11.3 Å². The van der Waals surface area contributed by atoms with Gasteiger partial charge in [-0.1, -0.05) is 47.6 Å². The van der Waals surface area contributed by atoms with E-state index < -0.39 is 5.82 Å². The number of rotatable bonds is 5. The highest BCUT2D eigenvalue weighted by Gasteiger charge is 2.34. The van der Waals surface area contributed by atoms with Crippen molar-refractivity contribution in [3.63, 3.8) is 0 Å². The molecule has 1 amide bonds. The van der Waals surface area contributed by atoms with Crippen molar-refractivity contribution in [3.05, 3.63) is 95.7 Å². The van der Waals surface area contributed by atoms with Gasteiger partial charge in [0.2, 0.25) is 11.7 Å². The minimum absolute atomic E-state index is 0.0752. The maximum atomic E-state index is 14.1. The first-order chi connectivity index (χ1) is 15.7. The van der Waals surface area contributed by atoms with E-state index in [2.05, 4.69) is 10.1 Å². The Labute approximate surface area is 184 Å². The lowest BCUT2D eigenvalue weighted by molar-refractivity contribution is 0.0528. The molecule has 0 unspecified atom stereocenters. The summed E-state index contributed by atoms with van der Waals surface area (Å²) in [5.74, 6) is 0.642. The Morgan fingerprint density at radius 1 is 1.09 bits per heavy atom. The summed E-state index contributed by atoms with van der Waals surface area (Å²) in [6.07, 6.45) is 4.98. The maximum Gasteiger partial charge on any atom is 0.293 e. The van der Waals surface area contributed by atoms with E-state index in [0.29, 0.717) is 30.1 Å². The van der Waals surface area contributed by atoms with E-state index in [9.17, 15) is 9.18 Å². The molecule has 1 atom stereocenters. The molecule has 2 aromatic carbocycles.